The van der Waals surface area contributed by atoms with Gasteiger partial charge in [-0.2, -0.15) is 12.1 Å². The van der Waals surface area contributed by atoms with Crippen LogP contribution in [0, 0.1) is 18.7 Å². The number of para-hydroxylation sites is 1. The van der Waals surface area contributed by atoms with Gasteiger partial charge in [-0.3, -0.25) is 0 Å². The van der Waals surface area contributed by atoms with Crippen LogP contribution in [0.5, 0.6) is 11.5 Å². The van der Waals surface area contributed by atoms with Crippen LogP contribution in [0.25, 0.3) is 43.6 Å². The maximum absolute atomic E-state index is 7.78. The first-order valence-electron chi connectivity index (χ1n) is 22.5. The summed E-state index contributed by atoms with van der Waals surface area (Å²) in [4.78, 5) is 8.68. The molecule has 0 amide bonds. The molecule has 66 heavy (non-hydrogen) atoms. The van der Waals surface area contributed by atoms with Crippen LogP contribution >= 0.6 is 0 Å². The SMILES string of the molecule is [C-]#[N+]c1cccc(-c2cccc3c2[N+](c2cc(C(C)(C)C)cc(C(C)(C)C)c2)=C=[N+]3c2[c-]c(Oc3[c-]c4c(cc3)c3cc(C(C)(C)C)ccc3n4-c3cc(C(C)(C)C)ccn3)ccc2)c1.[Pt+2]. The number of rotatable bonds is 6. The first-order valence-corrected chi connectivity index (χ1v) is 22.5. The average molecular weight is 1050 g/mol. The summed E-state index contributed by atoms with van der Waals surface area (Å²) in [6.07, 6.45) is 1.90. The summed E-state index contributed by atoms with van der Waals surface area (Å²) in [5.74, 6) is 1.97. The van der Waals surface area contributed by atoms with Crippen LogP contribution in [0.3, 0.4) is 0 Å². The van der Waals surface area contributed by atoms with Gasteiger partial charge >= 0.3 is 32.8 Å². The molecule has 1 aliphatic heterocycles. The Morgan fingerprint density at radius 2 is 1.26 bits per heavy atom. The molecule has 7 heteroatoms. The van der Waals surface area contributed by atoms with Crippen molar-refractivity contribution in [3.05, 3.63) is 173 Å². The van der Waals surface area contributed by atoms with Gasteiger partial charge in [-0.05, 0) is 89.8 Å². The van der Waals surface area contributed by atoms with Crippen molar-refractivity contribution in [2.45, 2.75) is 105 Å². The molecule has 1 aliphatic rings. The van der Waals surface area contributed by atoms with Gasteiger partial charge in [0.15, 0.2) is 5.69 Å². The summed E-state index contributed by atoms with van der Waals surface area (Å²) in [5.41, 5.74) is 13.0. The number of benzene rings is 6. The Morgan fingerprint density at radius 3 is 1.94 bits per heavy atom. The van der Waals surface area contributed by atoms with E-state index < -0.39 is 0 Å². The molecule has 6 nitrogen and oxygen atoms in total. The van der Waals surface area contributed by atoms with Crippen molar-refractivity contribution in [2.75, 3.05) is 0 Å². The first kappa shape index (κ1) is 46.2. The van der Waals surface area contributed by atoms with Crippen molar-refractivity contribution < 1.29 is 25.8 Å². The molecule has 332 valence electrons. The van der Waals surface area contributed by atoms with Crippen molar-refractivity contribution >= 4 is 56.3 Å². The Balaban J connectivity index is 0.00000592. The fraction of sp³-hybridized carbons (Fsp3) is 0.271. The van der Waals surface area contributed by atoms with Gasteiger partial charge in [0, 0.05) is 41.4 Å². The maximum atomic E-state index is 7.78. The smallest absolute Gasteiger partial charge is 0.509 e. The molecule has 0 radical (unpaired) electrons. The van der Waals surface area contributed by atoms with Crippen molar-refractivity contribution in [1.82, 2.24) is 18.7 Å². The van der Waals surface area contributed by atoms with E-state index >= 15 is 0 Å². The Bertz CT molecular complexity index is 3300. The van der Waals surface area contributed by atoms with Crippen LogP contribution in [0.15, 0.2) is 128 Å². The van der Waals surface area contributed by atoms with Crippen molar-refractivity contribution in [3.63, 3.8) is 0 Å². The molecule has 3 heterocycles. The predicted octanol–water partition coefficient (Wildman–Crippen LogP) is 15.8. The second-order valence-electron chi connectivity index (χ2n) is 21.4. The van der Waals surface area contributed by atoms with Gasteiger partial charge in [0.1, 0.15) is 11.5 Å². The molecule has 9 rings (SSSR count). The summed E-state index contributed by atoms with van der Waals surface area (Å²) in [6, 6.07) is 53.3. The quantitative estimate of drug-likeness (QED) is 0.123. The fourth-order valence-electron chi connectivity index (χ4n) is 8.54. The topological polar surface area (TPSA) is 37.4 Å². The largest absolute Gasteiger partial charge is 2.00 e. The van der Waals surface area contributed by atoms with Crippen LogP contribution in [0.4, 0.5) is 28.4 Å². The van der Waals surface area contributed by atoms with E-state index in [-0.39, 0.29) is 42.7 Å². The third-order valence-corrected chi connectivity index (χ3v) is 12.4. The predicted molar refractivity (Wildman–Crippen MR) is 270 cm³/mol. The minimum Gasteiger partial charge on any atom is -0.509 e. The third-order valence-electron chi connectivity index (χ3n) is 12.4. The zero-order valence-corrected chi connectivity index (χ0v) is 42.4. The van der Waals surface area contributed by atoms with Gasteiger partial charge in [-0.1, -0.05) is 148 Å². The van der Waals surface area contributed by atoms with E-state index in [2.05, 4.69) is 199 Å². The molecule has 0 N–H and O–H groups in total. The number of hydrogen-bond acceptors (Lipinski definition) is 2. The normalized spacial score (nSPS) is 13.0. The molecule has 0 saturated carbocycles. The summed E-state index contributed by atoms with van der Waals surface area (Å²) in [7, 11) is 0. The molecule has 0 saturated heterocycles. The molecule has 0 spiro atoms. The zero-order chi connectivity index (χ0) is 46.2. The van der Waals surface area contributed by atoms with Crippen molar-refractivity contribution in [3.8, 4) is 28.4 Å². The van der Waals surface area contributed by atoms with Gasteiger partial charge in [0.2, 0.25) is 5.69 Å². The second kappa shape index (κ2) is 16.8. The molecule has 2 aromatic heterocycles. The minimum absolute atomic E-state index is 0. The fourth-order valence-corrected chi connectivity index (χ4v) is 8.54. The zero-order valence-electron chi connectivity index (χ0n) is 40.1. The Labute approximate surface area is 405 Å². The van der Waals surface area contributed by atoms with E-state index in [0.29, 0.717) is 17.2 Å². The Morgan fingerprint density at radius 1 is 0.606 bits per heavy atom. The molecule has 0 bridgehead atoms. The molecule has 0 atom stereocenters. The molecular formula is C59H57N5OPt+2. The van der Waals surface area contributed by atoms with E-state index in [1.54, 1.807) is 0 Å². The second-order valence-corrected chi connectivity index (χ2v) is 21.4. The van der Waals surface area contributed by atoms with Gasteiger partial charge < -0.3 is 9.30 Å². The number of hydrogen-bond donors (Lipinski definition) is 0. The van der Waals surface area contributed by atoms with Crippen LogP contribution < -0.4 is 13.9 Å². The molecule has 0 unspecified atom stereocenters. The maximum Gasteiger partial charge on any atom is 2.00 e. The van der Waals surface area contributed by atoms with Crippen molar-refractivity contribution in [1.29, 1.82) is 0 Å². The molecule has 0 aliphatic carbocycles. The van der Waals surface area contributed by atoms with E-state index in [1.807, 2.05) is 48.7 Å². The molecule has 8 aromatic rings. The van der Waals surface area contributed by atoms with Gasteiger partial charge in [-0.15, -0.1) is 23.6 Å². The van der Waals surface area contributed by atoms with Crippen molar-refractivity contribution in [2.24, 2.45) is 0 Å². The molecular weight excluding hydrogens is 990 g/mol. The van der Waals surface area contributed by atoms with Crippen LogP contribution in [0.2, 0.25) is 0 Å². The van der Waals surface area contributed by atoms with E-state index in [9.17, 15) is 0 Å². The summed E-state index contributed by atoms with van der Waals surface area (Å²) >= 11 is 0. The van der Waals surface area contributed by atoms with Gasteiger partial charge in [-0.25, -0.2) is 9.83 Å². The number of aromatic nitrogens is 2. The number of fused-ring (bicyclic) bond motifs is 4. The van der Waals surface area contributed by atoms with Gasteiger partial charge in [0.05, 0.1) is 12.1 Å². The number of pyridine rings is 1. The Kier molecular flexibility index (Phi) is 11.8. The Hall–Kier alpha value is -6.37. The van der Waals surface area contributed by atoms with Crippen LogP contribution in [0.1, 0.15) is 105 Å². The molecule has 0 fully saturated rings. The summed E-state index contributed by atoms with van der Waals surface area (Å²) in [6.45, 7) is 34.8. The average Bonchev–Trinajstić information content (AvgIpc) is 3.81. The van der Waals surface area contributed by atoms with Gasteiger partial charge in [0.25, 0.3) is 5.69 Å². The van der Waals surface area contributed by atoms with Crippen LogP contribution in [-0.4, -0.2) is 15.6 Å². The third kappa shape index (κ3) is 8.71. The molecule has 6 aromatic carbocycles. The standard InChI is InChI=1S/C59H57N5O.Pt/c1-56(2,3)39-23-26-51-50(33-39)49-25-24-47(36-53(49)64(51)54-34-40(27-28-61-54)57(4,5)6)65-46-20-15-19-44(35-46)62-37-63(45-31-41(58(7,8)9)30-42(32-45)59(10,11)12)55-48(21-16-22-52(55)62)38-17-14-18-43(29-38)60-13;/h14-34H,1-12H3;/q;+2. The first-order chi connectivity index (χ1) is 30.7. The number of nitrogens with zero attached hydrogens (tertiary/aromatic N) is 5. The summed E-state index contributed by atoms with van der Waals surface area (Å²) in [5, 5.41) is 2.23. The van der Waals surface area contributed by atoms with E-state index in [0.717, 1.165) is 61.5 Å². The van der Waals surface area contributed by atoms with E-state index in [4.69, 9.17) is 16.3 Å². The minimum atomic E-state index is -0.0854. The monoisotopic (exact) mass is 1050 g/mol. The van der Waals surface area contributed by atoms with Crippen LogP contribution in [-0.2, 0) is 42.7 Å². The number of ether oxygens (including phenoxy) is 1. The summed E-state index contributed by atoms with van der Waals surface area (Å²) < 4.78 is 13.2. The van der Waals surface area contributed by atoms with E-state index in [1.165, 1.54) is 22.3 Å².